The zero-order valence-electron chi connectivity index (χ0n) is 15.7. The third-order valence-corrected chi connectivity index (χ3v) is 6.00. The minimum atomic E-state index is -1.80. The first-order valence-corrected chi connectivity index (χ1v) is 9.48. The van der Waals surface area contributed by atoms with Gasteiger partial charge >= 0.3 is 5.97 Å². The fourth-order valence-electron chi connectivity index (χ4n) is 4.45. The van der Waals surface area contributed by atoms with Gasteiger partial charge in [0.25, 0.3) is 5.56 Å². The van der Waals surface area contributed by atoms with Crippen molar-refractivity contribution >= 4 is 16.9 Å². The van der Waals surface area contributed by atoms with E-state index in [2.05, 4.69) is 13.0 Å². The first-order valence-electron chi connectivity index (χ1n) is 9.48. The van der Waals surface area contributed by atoms with E-state index >= 15 is 0 Å². The third kappa shape index (κ3) is 2.04. The molecule has 4 heterocycles. The SMILES string of the molecule is CCc1c2c(nc3cc[c]cc13)-c1cc3c(c(=O)n1C2)COC(=O)C3(O)CC. The van der Waals surface area contributed by atoms with Crippen LogP contribution >= 0.6 is 0 Å². The topological polar surface area (TPSA) is 81.4 Å². The molecular weight excluding hydrogens is 356 g/mol. The first-order chi connectivity index (χ1) is 13.5. The molecule has 5 rings (SSSR count). The molecule has 0 aliphatic carbocycles. The van der Waals surface area contributed by atoms with Gasteiger partial charge in [-0.05, 0) is 42.7 Å². The van der Waals surface area contributed by atoms with Crippen molar-refractivity contribution in [3.05, 3.63) is 62.9 Å². The van der Waals surface area contributed by atoms with Crippen molar-refractivity contribution in [2.75, 3.05) is 0 Å². The van der Waals surface area contributed by atoms with E-state index in [0.29, 0.717) is 23.4 Å². The molecule has 28 heavy (non-hydrogen) atoms. The van der Waals surface area contributed by atoms with Gasteiger partial charge in [0.2, 0.25) is 0 Å². The molecule has 0 saturated carbocycles. The molecule has 1 N–H and O–H groups in total. The van der Waals surface area contributed by atoms with E-state index in [-0.39, 0.29) is 18.6 Å². The molecule has 1 atom stereocenters. The highest BCUT2D eigenvalue weighted by molar-refractivity contribution is 5.88. The van der Waals surface area contributed by atoms with Crippen LogP contribution in [0.1, 0.15) is 42.5 Å². The second-order valence-electron chi connectivity index (χ2n) is 7.32. The van der Waals surface area contributed by atoms with E-state index in [4.69, 9.17) is 9.72 Å². The molecule has 2 aliphatic rings. The molecule has 2 aromatic heterocycles. The fraction of sp³-hybridized carbons (Fsp3) is 0.318. The van der Waals surface area contributed by atoms with E-state index in [9.17, 15) is 14.7 Å². The van der Waals surface area contributed by atoms with Crippen molar-refractivity contribution in [3.8, 4) is 11.4 Å². The van der Waals surface area contributed by atoms with Crippen LogP contribution in [0.25, 0.3) is 22.3 Å². The highest BCUT2D eigenvalue weighted by Gasteiger charge is 2.45. The number of aliphatic hydroxyl groups is 1. The average molecular weight is 375 g/mol. The highest BCUT2D eigenvalue weighted by atomic mass is 16.6. The molecule has 6 heteroatoms. The van der Waals surface area contributed by atoms with Gasteiger partial charge in [-0.15, -0.1) is 0 Å². The van der Waals surface area contributed by atoms with Crippen LogP contribution in [-0.2, 0) is 34.7 Å². The number of carbonyl (C=O) groups is 1. The van der Waals surface area contributed by atoms with Gasteiger partial charge in [0.1, 0.15) is 6.61 Å². The van der Waals surface area contributed by atoms with E-state index in [1.165, 1.54) is 0 Å². The number of hydrogen-bond donors (Lipinski definition) is 1. The maximum Gasteiger partial charge on any atom is 0.343 e. The molecule has 141 valence electrons. The molecule has 1 unspecified atom stereocenters. The maximum atomic E-state index is 13.2. The van der Waals surface area contributed by atoms with Crippen LogP contribution in [0.5, 0.6) is 0 Å². The summed E-state index contributed by atoms with van der Waals surface area (Å²) in [5.74, 6) is -0.707. The van der Waals surface area contributed by atoms with Gasteiger partial charge in [-0.2, -0.15) is 0 Å². The number of benzene rings is 1. The summed E-state index contributed by atoms with van der Waals surface area (Å²) in [4.78, 5) is 30.3. The summed E-state index contributed by atoms with van der Waals surface area (Å²) < 4.78 is 6.79. The van der Waals surface area contributed by atoms with Crippen LogP contribution in [0.4, 0.5) is 0 Å². The third-order valence-electron chi connectivity index (χ3n) is 6.00. The van der Waals surface area contributed by atoms with E-state index in [1.54, 1.807) is 17.6 Å². The van der Waals surface area contributed by atoms with Crippen LogP contribution in [0.15, 0.2) is 29.1 Å². The fourth-order valence-corrected chi connectivity index (χ4v) is 4.45. The van der Waals surface area contributed by atoms with Crippen LogP contribution in [0.3, 0.4) is 0 Å². The second kappa shape index (κ2) is 5.75. The molecule has 1 aromatic carbocycles. The Labute approximate surface area is 161 Å². The number of cyclic esters (lactones) is 1. The van der Waals surface area contributed by atoms with Gasteiger partial charge in [-0.1, -0.05) is 19.9 Å². The Kier molecular flexibility index (Phi) is 3.52. The minimum Gasteiger partial charge on any atom is -0.458 e. The number of ether oxygens (including phenoxy) is 1. The van der Waals surface area contributed by atoms with Crippen molar-refractivity contribution in [2.45, 2.75) is 45.4 Å². The van der Waals surface area contributed by atoms with Crippen LogP contribution in [0, 0.1) is 6.07 Å². The Hall–Kier alpha value is -2.99. The number of aryl methyl sites for hydroxylation is 1. The monoisotopic (exact) mass is 375 g/mol. The number of hydrogen-bond acceptors (Lipinski definition) is 5. The lowest BCUT2D eigenvalue weighted by molar-refractivity contribution is -0.172. The minimum absolute atomic E-state index is 0.114. The lowest BCUT2D eigenvalue weighted by atomic mass is 9.86. The van der Waals surface area contributed by atoms with E-state index in [1.807, 2.05) is 18.2 Å². The molecule has 2 aliphatic heterocycles. The standard InChI is InChI=1S/C22H19N2O4/c1-3-12-13-7-5-6-8-17(13)23-19-14(12)10-24-18(19)9-16-15(20(24)25)11-28-21(26)22(16,27)4-2/h6-9,27H,3-4,10-11H2,1-2H3. The molecule has 3 aromatic rings. The van der Waals surface area contributed by atoms with Gasteiger partial charge < -0.3 is 14.4 Å². The van der Waals surface area contributed by atoms with Gasteiger partial charge in [0, 0.05) is 16.5 Å². The van der Waals surface area contributed by atoms with Crippen molar-refractivity contribution in [1.29, 1.82) is 0 Å². The number of aromatic nitrogens is 2. The lowest BCUT2D eigenvalue weighted by Crippen LogP contribution is -2.44. The van der Waals surface area contributed by atoms with Crippen molar-refractivity contribution in [1.82, 2.24) is 9.55 Å². The number of rotatable bonds is 2. The highest BCUT2D eigenvalue weighted by Crippen LogP contribution is 2.40. The summed E-state index contributed by atoms with van der Waals surface area (Å²) in [5, 5.41) is 12.0. The number of fused-ring (bicyclic) bond motifs is 5. The Bertz CT molecular complexity index is 1230. The Morgan fingerprint density at radius 2 is 2.14 bits per heavy atom. The van der Waals surface area contributed by atoms with E-state index < -0.39 is 11.6 Å². The predicted molar refractivity (Wildman–Crippen MR) is 103 cm³/mol. The van der Waals surface area contributed by atoms with Crippen LogP contribution in [0.2, 0.25) is 0 Å². The van der Waals surface area contributed by atoms with Crippen molar-refractivity contribution in [3.63, 3.8) is 0 Å². The van der Waals surface area contributed by atoms with Crippen molar-refractivity contribution in [2.24, 2.45) is 0 Å². The number of carbonyl (C=O) groups excluding carboxylic acids is 1. The molecule has 0 bridgehead atoms. The summed E-state index contributed by atoms with van der Waals surface area (Å²) in [7, 11) is 0. The Morgan fingerprint density at radius 1 is 1.32 bits per heavy atom. The smallest absolute Gasteiger partial charge is 0.343 e. The number of esters is 1. The molecule has 0 spiro atoms. The summed E-state index contributed by atoms with van der Waals surface area (Å²) in [5.41, 5.74) is 3.05. The van der Waals surface area contributed by atoms with Gasteiger partial charge in [0.15, 0.2) is 5.60 Å². The second-order valence-corrected chi connectivity index (χ2v) is 7.32. The van der Waals surface area contributed by atoms with Crippen LogP contribution < -0.4 is 5.56 Å². The lowest BCUT2D eigenvalue weighted by Gasteiger charge is -2.31. The molecular formula is C22H19N2O4. The Morgan fingerprint density at radius 3 is 2.89 bits per heavy atom. The molecule has 0 fully saturated rings. The largest absolute Gasteiger partial charge is 0.458 e. The summed E-state index contributed by atoms with van der Waals surface area (Å²) in [6.07, 6.45) is 0.942. The zero-order chi connectivity index (χ0) is 19.6. The average Bonchev–Trinajstić information content (AvgIpc) is 3.08. The Balaban J connectivity index is 1.84. The summed E-state index contributed by atoms with van der Waals surface area (Å²) in [6.45, 7) is 4.10. The van der Waals surface area contributed by atoms with E-state index in [0.717, 1.165) is 34.1 Å². The maximum absolute atomic E-state index is 13.2. The van der Waals surface area contributed by atoms with Gasteiger partial charge in [-0.3, -0.25) is 4.79 Å². The van der Waals surface area contributed by atoms with Gasteiger partial charge in [-0.25, -0.2) is 9.78 Å². The van der Waals surface area contributed by atoms with Crippen molar-refractivity contribution < 1.29 is 14.6 Å². The number of pyridine rings is 2. The summed E-state index contributed by atoms with van der Waals surface area (Å²) in [6, 6.07) is 10.5. The first kappa shape index (κ1) is 17.1. The molecule has 0 saturated heterocycles. The van der Waals surface area contributed by atoms with Gasteiger partial charge in [0.05, 0.1) is 29.0 Å². The molecule has 0 amide bonds. The molecule has 1 radical (unpaired) electrons. The van der Waals surface area contributed by atoms with Crippen LogP contribution in [-0.4, -0.2) is 20.6 Å². The number of nitrogens with zero attached hydrogens (tertiary/aromatic N) is 2. The zero-order valence-corrected chi connectivity index (χ0v) is 15.7. The quantitative estimate of drug-likeness (QED) is 0.544. The molecule has 6 nitrogen and oxygen atoms in total. The normalized spacial score (nSPS) is 19.9. The predicted octanol–water partition coefficient (Wildman–Crippen LogP) is 2.44. The summed E-state index contributed by atoms with van der Waals surface area (Å²) >= 11 is 0.